The second kappa shape index (κ2) is 7.83. The van der Waals surface area contributed by atoms with Crippen LogP contribution in [0, 0.1) is 17.8 Å². The smallest absolute Gasteiger partial charge is 0.0794 e. The lowest BCUT2D eigenvalue weighted by Crippen LogP contribution is -2.28. The van der Waals surface area contributed by atoms with Crippen molar-refractivity contribution in [2.24, 2.45) is 17.8 Å². The van der Waals surface area contributed by atoms with Gasteiger partial charge in [0.2, 0.25) is 0 Å². The molecule has 1 atom stereocenters. The molecule has 1 unspecified atom stereocenters. The van der Waals surface area contributed by atoms with Crippen LogP contribution in [0.2, 0.25) is 0 Å². The van der Waals surface area contributed by atoms with Crippen LogP contribution in [0.1, 0.15) is 39.8 Å². The van der Waals surface area contributed by atoms with E-state index in [0.717, 1.165) is 37.3 Å². The molecule has 17 heavy (non-hydrogen) atoms. The van der Waals surface area contributed by atoms with E-state index in [1.54, 1.807) is 11.3 Å². The zero-order valence-electron chi connectivity index (χ0n) is 11.6. The Bertz CT molecular complexity index is 280. The summed E-state index contributed by atoms with van der Waals surface area (Å²) in [6.07, 6.45) is 2.40. The van der Waals surface area contributed by atoms with Crippen LogP contribution in [0.25, 0.3) is 0 Å². The van der Waals surface area contributed by atoms with E-state index in [1.165, 1.54) is 12.1 Å². The lowest BCUT2D eigenvalue weighted by Gasteiger charge is -2.19. The van der Waals surface area contributed by atoms with Crippen molar-refractivity contribution in [3.63, 3.8) is 0 Å². The first kappa shape index (κ1) is 14.7. The molecular weight excluding hydrogens is 228 g/mol. The van der Waals surface area contributed by atoms with Crippen molar-refractivity contribution in [1.82, 2.24) is 10.3 Å². The van der Waals surface area contributed by atoms with Gasteiger partial charge in [0.15, 0.2) is 0 Å². The average Bonchev–Trinajstić information content (AvgIpc) is 2.68. The number of hydrogen-bond donors (Lipinski definition) is 1. The third-order valence-electron chi connectivity index (χ3n) is 2.77. The van der Waals surface area contributed by atoms with Gasteiger partial charge < -0.3 is 5.32 Å². The Labute approximate surface area is 110 Å². The van der Waals surface area contributed by atoms with E-state index in [9.17, 15) is 0 Å². The molecule has 0 spiro atoms. The minimum atomic E-state index is 0.718. The van der Waals surface area contributed by atoms with Gasteiger partial charge in [-0.25, -0.2) is 4.98 Å². The SMILES string of the molecule is CC(C)CNCC(Cc1cscn1)CC(C)C. The van der Waals surface area contributed by atoms with E-state index >= 15 is 0 Å². The van der Waals surface area contributed by atoms with Crippen molar-refractivity contribution in [3.05, 3.63) is 16.6 Å². The number of nitrogens with one attached hydrogen (secondary N) is 1. The standard InChI is InChI=1S/C14H26N2S/c1-11(2)5-13(8-15-7-12(3)4)6-14-9-17-10-16-14/h9-13,15H,5-8H2,1-4H3. The lowest BCUT2D eigenvalue weighted by molar-refractivity contribution is 0.374. The maximum absolute atomic E-state index is 4.40. The predicted molar refractivity (Wildman–Crippen MR) is 76.5 cm³/mol. The van der Waals surface area contributed by atoms with Gasteiger partial charge in [-0.05, 0) is 43.7 Å². The molecule has 0 radical (unpaired) electrons. The molecule has 1 heterocycles. The molecule has 1 rings (SSSR count). The maximum Gasteiger partial charge on any atom is 0.0794 e. The fraction of sp³-hybridized carbons (Fsp3) is 0.786. The predicted octanol–water partition coefficient (Wildman–Crippen LogP) is 3.59. The molecule has 0 aliphatic heterocycles. The molecule has 0 amide bonds. The van der Waals surface area contributed by atoms with Gasteiger partial charge in [0.05, 0.1) is 11.2 Å². The zero-order valence-corrected chi connectivity index (χ0v) is 12.4. The molecule has 0 saturated heterocycles. The van der Waals surface area contributed by atoms with Gasteiger partial charge >= 0.3 is 0 Å². The van der Waals surface area contributed by atoms with Crippen molar-refractivity contribution in [3.8, 4) is 0 Å². The van der Waals surface area contributed by atoms with Gasteiger partial charge in [0.25, 0.3) is 0 Å². The summed E-state index contributed by atoms with van der Waals surface area (Å²) in [5, 5.41) is 5.75. The van der Waals surface area contributed by atoms with Gasteiger partial charge in [0.1, 0.15) is 0 Å². The zero-order chi connectivity index (χ0) is 12.7. The Morgan fingerprint density at radius 3 is 2.47 bits per heavy atom. The van der Waals surface area contributed by atoms with E-state index < -0.39 is 0 Å². The van der Waals surface area contributed by atoms with E-state index in [1.807, 2.05) is 5.51 Å². The van der Waals surface area contributed by atoms with Gasteiger partial charge in [-0.1, -0.05) is 27.7 Å². The van der Waals surface area contributed by atoms with Gasteiger partial charge in [0, 0.05) is 5.38 Å². The first-order chi connectivity index (χ1) is 8.08. The van der Waals surface area contributed by atoms with Gasteiger partial charge in [-0.15, -0.1) is 11.3 Å². The Hall–Kier alpha value is -0.410. The summed E-state index contributed by atoms with van der Waals surface area (Å²) in [5.74, 6) is 2.21. The summed E-state index contributed by atoms with van der Waals surface area (Å²) in [5.41, 5.74) is 3.19. The van der Waals surface area contributed by atoms with Gasteiger partial charge in [-0.3, -0.25) is 0 Å². The summed E-state index contributed by atoms with van der Waals surface area (Å²) in [6, 6.07) is 0. The highest BCUT2D eigenvalue weighted by Crippen LogP contribution is 2.17. The van der Waals surface area contributed by atoms with Crippen LogP contribution in [0.15, 0.2) is 10.9 Å². The molecule has 0 fully saturated rings. The molecular formula is C14H26N2S. The number of aromatic nitrogens is 1. The Balaban J connectivity index is 2.37. The number of rotatable bonds is 8. The average molecular weight is 254 g/mol. The fourth-order valence-electron chi connectivity index (χ4n) is 2.12. The molecule has 98 valence electrons. The second-order valence-corrected chi connectivity index (χ2v) is 6.45. The monoisotopic (exact) mass is 254 g/mol. The van der Waals surface area contributed by atoms with Crippen LogP contribution in [0.3, 0.4) is 0 Å². The van der Waals surface area contributed by atoms with E-state index in [4.69, 9.17) is 0 Å². The van der Waals surface area contributed by atoms with Crippen LogP contribution in [0.4, 0.5) is 0 Å². The normalized spacial score (nSPS) is 13.5. The Kier molecular flexibility index (Phi) is 6.75. The first-order valence-electron chi connectivity index (χ1n) is 6.65. The number of thiazole rings is 1. The van der Waals surface area contributed by atoms with Crippen LogP contribution in [0.5, 0.6) is 0 Å². The molecule has 1 aromatic heterocycles. The third kappa shape index (κ3) is 6.79. The molecule has 0 bridgehead atoms. The van der Waals surface area contributed by atoms with Crippen LogP contribution in [-0.2, 0) is 6.42 Å². The van der Waals surface area contributed by atoms with Gasteiger partial charge in [-0.2, -0.15) is 0 Å². The third-order valence-corrected chi connectivity index (χ3v) is 3.41. The number of nitrogens with zero attached hydrogens (tertiary/aromatic N) is 1. The van der Waals surface area contributed by atoms with Crippen molar-refractivity contribution in [2.45, 2.75) is 40.5 Å². The molecule has 0 aliphatic carbocycles. The molecule has 0 saturated carbocycles. The van der Waals surface area contributed by atoms with Crippen molar-refractivity contribution in [2.75, 3.05) is 13.1 Å². The minimum absolute atomic E-state index is 0.718. The second-order valence-electron chi connectivity index (χ2n) is 5.73. The van der Waals surface area contributed by atoms with Crippen LogP contribution < -0.4 is 5.32 Å². The van der Waals surface area contributed by atoms with Crippen LogP contribution in [-0.4, -0.2) is 18.1 Å². The molecule has 3 heteroatoms. The molecule has 2 nitrogen and oxygen atoms in total. The fourth-order valence-corrected chi connectivity index (χ4v) is 2.69. The highest BCUT2D eigenvalue weighted by molar-refractivity contribution is 7.07. The summed E-state index contributed by atoms with van der Waals surface area (Å²) in [4.78, 5) is 4.40. The summed E-state index contributed by atoms with van der Waals surface area (Å²) in [7, 11) is 0. The molecule has 1 N–H and O–H groups in total. The van der Waals surface area contributed by atoms with Crippen molar-refractivity contribution >= 4 is 11.3 Å². The molecule has 1 aromatic rings. The number of hydrogen-bond acceptors (Lipinski definition) is 3. The quantitative estimate of drug-likeness (QED) is 0.767. The highest BCUT2D eigenvalue weighted by Gasteiger charge is 2.12. The van der Waals surface area contributed by atoms with E-state index in [0.29, 0.717) is 0 Å². The molecule has 0 aliphatic rings. The highest BCUT2D eigenvalue weighted by atomic mass is 32.1. The molecule has 0 aromatic carbocycles. The minimum Gasteiger partial charge on any atom is -0.316 e. The van der Waals surface area contributed by atoms with Crippen molar-refractivity contribution < 1.29 is 0 Å². The summed E-state index contributed by atoms with van der Waals surface area (Å²) < 4.78 is 0. The summed E-state index contributed by atoms with van der Waals surface area (Å²) >= 11 is 1.70. The lowest BCUT2D eigenvalue weighted by atomic mass is 9.93. The summed E-state index contributed by atoms with van der Waals surface area (Å²) in [6.45, 7) is 11.3. The van der Waals surface area contributed by atoms with E-state index in [2.05, 4.69) is 43.4 Å². The topological polar surface area (TPSA) is 24.9 Å². The largest absolute Gasteiger partial charge is 0.316 e. The first-order valence-corrected chi connectivity index (χ1v) is 7.60. The Morgan fingerprint density at radius 2 is 1.94 bits per heavy atom. The Morgan fingerprint density at radius 1 is 1.18 bits per heavy atom. The van der Waals surface area contributed by atoms with Crippen LogP contribution >= 0.6 is 11.3 Å². The maximum atomic E-state index is 4.40. The van der Waals surface area contributed by atoms with Crippen molar-refractivity contribution in [1.29, 1.82) is 0 Å². The van der Waals surface area contributed by atoms with E-state index in [-0.39, 0.29) is 0 Å².